The van der Waals surface area contributed by atoms with Gasteiger partial charge in [0.15, 0.2) is 5.13 Å². The normalized spacial score (nSPS) is 10.9. The molecule has 2 N–H and O–H groups in total. The zero-order chi connectivity index (χ0) is 12.4. The zero-order valence-corrected chi connectivity index (χ0v) is 11.5. The molecule has 0 saturated heterocycles. The van der Waals surface area contributed by atoms with Crippen LogP contribution in [-0.4, -0.2) is 15.2 Å². The first-order valence-electron chi connectivity index (χ1n) is 5.01. The summed E-state index contributed by atoms with van der Waals surface area (Å²) in [5, 5.41) is 10.6. The fraction of sp³-hybridized carbons (Fsp3) is 0.100. The van der Waals surface area contributed by atoms with Crippen molar-refractivity contribution >= 4 is 39.6 Å². The maximum absolute atomic E-state index is 5.58. The molecule has 3 aromatic heterocycles. The van der Waals surface area contributed by atoms with Gasteiger partial charge < -0.3 is 10.2 Å². The van der Waals surface area contributed by atoms with Gasteiger partial charge in [0.1, 0.15) is 0 Å². The Hall–Kier alpha value is -1.38. The molecule has 0 aliphatic rings. The van der Waals surface area contributed by atoms with E-state index in [0.29, 0.717) is 22.7 Å². The van der Waals surface area contributed by atoms with Crippen LogP contribution in [0.5, 0.6) is 0 Å². The molecular weight excluding hydrogens is 288 g/mol. The van der Waals surface area contributed by atoms with Gasteiger partial charge >= 0.3 is 0 Å². The Bertz CT molecular complexity index is 631. The number of thiazole rings is 1. The van der Waals surface area contributed by atoms with E-state index in [9.17, 15) is 0 Å². The summed E-state index contributed by atoms with van der Waals surface area (Å²) < 4.78 is 6.62. The molecule has 0 amide bonds. The molecule has 0 fully saturated rings. The van der Waals surface area contributed by atoms with Crippen LogP contribution in [0.2, 0.25) is 0 Å². The molecule has 8 heteroatoms. The highest BCUT2D eigenvalue weighted by Crippen LogP contribution is 2.30. The largest absolute Gasteiger partial charge is 0.419 e. The van der Waals surface area contributed by atoms with Crippen molar-refractivity contribution in [1.29, 1.82) is 0 Å². The second kappa shape index (κ2) is 5.09. The summed E-state index contributed by atoms with van der Waals surface area (Å²) in [6.07, 6.45) is 1.75. The second-order valence-electron chi connectivity index (χ2n) is 3.28. The highest BCUT2D eigenvalue weighted by Gasteiger charge is 2.10. The van der Waals surface area contributed by atoms with Crippen molar-refractivity contribution < 1.29 is 4.42 Å². The van der Waals surface area contributed by atoms with Gasteiger partial charge in [-0.1, -0.05) is 17.4 Å². The first kappa shape index (κ1) is 11.7. The third kappa shape index (κ3) is 2.55. The summed E-state index contributed by atoms with van der Waals surface area (Å²) in [4.78, 5) is 4.97. The first-order chi connectivity index (χ1) is 8.81. The van der Waals surface area contributed by atoms with Gasteiger partial charge in [-0.3, -0.25) is 0 Å². The number of rotatable bonds is 4. The molecule has 3 aromatic rings. The van der Waals surface area contributed by atoms with Crippen molar-refractivity contribution in [3.63, 3.8) is 0 Å². The number of hydrogen-bond donors (Lipinski definition) is 1. The molecule has 0 saturated carbocycles. The van der Waals surface area contributed by atoms with Gasteiger partial charge in [0.05, 0.1) is 21.0 Å². The minimum Gasteiger partial charge on any atom is -0.419 e. The lowest BCUT2D eigenvalue weighted by Gasteiger charge is -1.91. The number of anilines is 1. The van der Waals surface area contributed by atoms with Gasteiger partial charge in [0, 0.05) is 0 Å². The lowest BCUT2D eigenvalue weighted by Crippen LogP contribution is -1.78. The third-order valence-electron chi connectivity index (χ3n) is 2.04. The molecule has 0 spiro atoms. The number of thiophene rings is 1. The first-order valence-corrected chi connectivity index (χ1v) is 7.70. The number of nitrogens with two attached hydrogens (primary N) is 1. The molecule has 0 aliphatic heterocycles. The summed E-state index contributed by atoms with van der Waals surface area (Å²) in [6, 6.07) is 3.91. The Morgan fingerprint density at radius 2 is 2.33 bits per heavy atom. The SMILES string of the molecule is Nc1ncc(SCc2nnc(-c3cccs3)o2)s1. The minimum atomic E-state index is 0.572. The lowest BCUT2D eigenvalue weighted by molar-refractivity contribution is 0.529. The van der Waals surface area contributed by atoms with E-state index < -0.39 is 0 Å². The van der Waals surface area contributed by atoms with Crippen LogP contribution in [0.4, 0.5) is 5.13 Å². The predicted octanol–water partition coefficient (Wildman–Crippen LogP) is 3.13. The van der Waals surface area contributed by atoms with Crippen LogP contribution in [0, 0.1) is 0 Å². The smallest absolute Gasteiger partial charge is 0.257 e. The number of nitrogens with zero attached hydrogens (tertiary/aromatic N) is 3. The number of hydrogen-bond acceptors (Lipinski definition) is 8. The van der Waals surface area contributed by atoms with Crippen LogP contribution in [0.1, 0.15) is 5.89 Å². The van der Waals surface area contributed by atoms with Crippen molar-refractivity contribution in [2.75, 3.05) is 5.73 Å². The predicted molar refractivity (Wildman–Crippen MR) is 73.7 cm³/mol. The molecule has 0 aromatic carbocycles. The Labute approximate surface area is 115 Å². The van der Waals surface area contributed by atoms with Crippen molar-refractivity contribution in [3.8, 4) is 10.8 Å². The summed E-state index contributed by atoms with van der Waals surface area (Å²) in [7, 11) is 0. The quantitative estimate of drug-likeness (QED) is 0.745. The molecule has 0 radical (unpaired) electrons. The van der Waals surface area contributed by atoms with Gasteiger partial charge in [-0.05, 0) is 11.4 Å². The van der Waals surface area contributed by atoms with E-state index in [1.54, 1.807) is 29.3 Å². The van der Waals surface area contributed by atoms with E-state index in [0.717, 1.165) is 9.09 Å². The number of thioether (sulfide) groups is 1. The van der Waals surface area contributed by atoms with Crippen LogP contribution in [0.3, 0.4) is 0 Å². The van der Waals surface area contributed by atoms with Crippen molar-refractivity contribution in [3.05, 3.63) is 29.6 Å². The van der Waals surface area contributed by atoms with E-state index in [2.05, 4.69) is 15.2 Å². The Morgan fingerprint density at radius 3 is 3.06 bits per heavy atom. The molecular formula is C10H8N4OS3. The molecule has 0 unspecified atom stereocenters. The standard InChI is InChI=1S/C10H8N4OS3/c11-10-12-4-8(18-10)17-5-7-13-14-9(15-7)6-2-1-3-16-6/h1-4H,5H2,(H2,11,12). The van der Waals surface area contributed by atoms with E-state index in [4.69, 9.17) is 10.2 Å². The molecule has 18 heavy (non-hydrogen) atoms. The molecule has 5 nitrogen and oxygen atoms in total. The summed E-state index contributed by atoms with van der Waals surface area (Å²) in [5.41, 5.74) is 5.56. The van der Waals surface area contributed by atoms with E-state index >= 15 is 0 Å². The lowest BCUT2D eigenvalue weighted by atomic mass is 10.5. The summed E-state index contributed by atoms with van der Waals surface area (Å²) >= 11 is 4.62. The summed E-state index contributed by atoms with van der Waals surface area (Å²) in [6.45, 7) is 0. The molecule has 0 atom stereocenters. The highest BCUT2D eigenvalue weighted by atomic mass is 32.2. The van der Waals surface area contributed by atoms with Gasteiger partial charge in [0.25, 0.3) is 5.89 Å². The minimum absolute atomic E-state index is 0.572. The van der Waals surface area contributed by atoms with Crippen molar-refractivity contribution in [2.24, 2.45) is 0 Å². The number of nitrogen functional groups attached to an aromatic ring is 1. The van der Waals surface area contributed by atoms with Crippen LogP contribution < -0.4 is 5.73 Å². The molecule has 3 rings (SSSR count). The fourth-order valence-corrected chi connectivity index (χ4v) is 3.52. The zero-order valence-electron chi connectivity index (χ0n) is 9.07. The average molecular weight is 296 g/mol. The van der Waals surface area contributed by atoms with E-state index in [1.807, 2.05) is 17.5 Å². The van der Waals surface area contributed by atoms with Crippen LogP contribution >= 0.6 is 34.4 Å². The molecule has 0 bridgehead atoms. The van der Waals surface area contributed by atoms with Crippen LogP contribution in [0.15, 0.2) is 32.3 Å². The van der Waals surface area contributed by atoms with Gasteiger partial charge in [-0.25, -0.2) is 4.98 Å². The van der Waals surface area contributed by atoms with Gasteiger partial charge in [0.2, 0.25) is 5.89 Å². The topological polar surface area (TPSA) is 77.8 Å². The molecule has 92 valence electrons. The number of aromatic nitrogens is 3. The Morgan fingerprint density at radius 1 is 1.39 bits per heavy atom. The third-order valence-corrected chi connectivity index (χ3v) is 4.90. The van der Waals surface area contributed by atoms with E-state index in [-0.39, 0.29) is 0 Å². The maximum Gasteiger partial charge on any atom is 0.257 e. The molecule has 3 heterocycles. The molecule has 0 aliphatic carbocycles. The van der Waals surface area contributed by atoms with Gasteiger partial charge in [-0.15, -0.1) is 33.3 Å². The van der Waals surface area contributed by atoms with Crippen molar-refractivity contribution in [1.82, 2.24) is 15.2 Å². The van der Waals surface area contributed by atoms with E-state index in [1.165, 1.54) is 11.3 Å². The van der Waals surface area contributed by atoms with Crippen molar-refractivity contribution in [2.45, 2.75) is 9.96 Å². The monoisotopic (exact) mass is 296 g/mol. The summed E-state index contributed by atoms with van der Waals surface area (Å²) in [5.74, 6) is 1.81. The highest BCUT2D eigenvalue weighted by molar-refractivity contribution is 8.00. The Kier molecular flexibility index (Phi) is 3.31. The van der Waals surface area contributed by atoms with Gasteiger partial charge in [-0.2, -0.15) is 0 Å². The fourth-order valence-electron chi connectivity index (χ4n) is 1.28. The average Bonchev–Trinajstić information content (AvgIpc) is 3.07. The second-order valence-corrected chi connectivity index (χ2v) is 6.57. The van der Waals surface area contributed by atoms with Crippen LogP contribution in [-0.2, 0) is 5.75 Å². The Balaban J connectivity index is 1.67. The maximum atomic E-state index is 5.58. The van der Waals surface area contributed by atoms with Crippen LogP contribution in [0.25, 0.3) is 10.8 Å².